The number of hydrazone groups is 1. The maximum Gasteiger partial charge on any atom is 0.409 e. The minimum absolute atomic E-state index is 0.120. The van der Waals surface area contributed by atoms with Crippen molar-refractivity contribution in [1.82, 2.24) is 5.01 Å². The van der Waals surface area contributed by atoms with Gasteiger partial charge in [-0.15, -0.1) is 0 Å². The summed E-state index contributed by atoms with van der Waals surface area (Å²) in [6.45, 7) is 0.471. The molecule has 0 unspecified atom stereocenters. The Labute approximate surface area is 143 Å². The largest absolute Gasteiger partial charge is 0.465 e. The summed E-state index contributed by atoms with van der Waals surface area (Å²) in [6, 6.07) is 12.7. The van der Waals surface area contributed by atoms with E-state index in [0.717, 1.165) is 11.3 Å². The van der Waals surface area contributed by atoms with Crippen LogP contribution in [0.4, 0.5) is 14.9 Å². The molecular formula is C18H16FN3O3. The number of nitrogens with one attached hydrogen (secondary N) is 1. The molecule has 2 aromatic carbocycles. The molecule has 0 radical (unpaired) electrons. The molecule has 1 aliphatic heterocycles. The number of benzene rings is 2. The highest BCUT2D eigenvalue weighted by Crippen LogP contribution is 2.17. The third kappa shape index (κ3) is 4.20. The average Bonchev–Trinajstić information content (AvgIpc) is 3.05. The van der Waals surface area contributed by atoms with E-state index in [0.29, 0.717) is 24.2 Å². The molecule has 3 rings (SSSR count). The average molecular weight is 341 g/mol. The second kappa shape index (κ2) is 7.12. The molecule has 0 atom stereocenters. The van der Waals surface area contributed by atoms with Crippen LogP contribution in [0, 0.1) is 5.82 Å². The van der Waals surface area contributed by atoms with Gasteiger partial charge in [0.25, 0.3) is 0 Å². The summed E-state index contributed by atoms with van der Waals surface area (Å²) in [4.78, 5) is 23.1. The Morgan fingerprint density at radius 2 is 1.96 bits per heavy atom. The van der Waals surface area contributed by atoms with Crippen molar-refractivity contribution < 1.29 is 19.1 Å². The molecule has 0 spiro atoms. The smallest absolute Gasteiger partial charge is 0.409 e. The number of hydrogen-bond acceptors (Lipinski definition) is 3. The molecule has 2 aromatic rings. The Hall–Kier alpha value is -3.22. The van der Waals surface area contributed by atoms with Crippen molar-refractivity contribution in [3.8, 4) is 0 Å². The van der Waals surface area contributed by atoms with E-state index >= 15 is 0 Å². The number of rotatable bonds is 4. The van der Waals surface area contributed by atoms with E-state index in [-0.39, 0.29) is 18.1 Å². The SMILES string of the molecule is O=C(O)Nc1cccc(CC(=O)N2CCC(c3ccc(F)cc3)=N2)c1. The molecule has 0 aromatic heterocycles. The number of carbonyl (C=O) groups is 2. The first-order valence-corrected chi connectivity index (χ1v) is 7.74. The van der Waals surface area contributed by atoms with Crippen molar-refractivity contribution in [2.75, 3.05) is 11.9 Å². The zero-order valence-corrected chi connectivity index (χ0v) is 13.3. The summed E-state index contributed by atoms with van der Waals surface area (Å²) in [5.74, 6) is -0.491. The molecule has 6 nitrogen and oxygen atoms in total. The fraction of sp³-hybridized carbons (Fsp3) is 0.167. The number of carboxylic acid groups (broad SMARTS) is 1. The highest BCUT2D eigenvalue weighted by molar-refractivity contribution is 6.02. The van der Waals surface area contributed by atoms with Crippen LogP contribution in [0.1, 0.15) is 17.5 Å². The van der Waals surface area contributed by atoms with E-state index in [4.69, 9.17) is 5.11 Å². The van der Waals surface area contributed by atoms with Crippen LogP contribution >= 0.6 is 0 Å². The molecule has 2 N–H and O–H groups in total. The van der Waals surface area contributed by atoms with Gasteiger partial charge in [0, 0.05) is 12.1 Å². The first-order valence-electron chi connectivity index (χ1n) is 7.74. The Morgan fingerprint density at radius 1 is 1.20 bits per heavy atom. The van der Waals surface area contributed by atoms with Crippen molar-refractivity contribution >= 4 is 23.4 Å². The molecule has 0 bridgehead atoms. The Morgan fingerprint density at radius 3 is 2.68 bits per heavy atom. The number of halogens is 1. The molecule has 1 heterocycles. The normalized spacial score (nSPS) is 13.5. The van der Waals surface area contributed by atoms with Gasteiger partial charge in [0.15, 0.2) is 0 Å². The van der Waals surface area contributed by atoms with Crippen molar-refractivity contribution in [2.45, 2.75) is 12.8 Å². The second-order valence-electron chi connectivity index (χ2n) is 5.63. The lowest BCUT2D eigenvalue weighted by Gasteiger charge is -2.12. The van der Waals surface area contributed by atoms with Gasteiger partial charge in [0.05, 0.1) is 18.7 Å². The summed E-state index contributed by atoms with van der Waals surface area (Å²) in [5.41, 5.74) is 2.65. The van der Waals surface area contributed by atoms with Crippen LogP contribution in [0.25, 0.3) is 0 Å². The van der Waals surface area contributed by atoms with Crippen LogP contribution in [-0.4, -0.2) is 34.4 Å². The maximum atomic E-state index is 13.0. The maximum absolute atomic E-state index is 13.0. The lowest BCUT2D eigenvalue weighted by Crippen LogP contribution is -2.25. The summed E-state index contributed by atoms with van der Waals surface area (Å²) >= 11 is 0. The third-order valence-electron chi connectivity index (χ3n) is 3.80. The first kappa shape index (κ1) is 16.6. The molecule has 0 saturated carbocycles. The third-order valence-corrected chi connectivity index (χ3v) is 3.80. The molecule has 25 heavy (non-hydrogen) atoms. The number of carbonyl (C=O) groups excluding carboxylic acids is 1. The zero-order valence-electron chi connectivity index (χ0n) is 13.3. The Balaban J connectivity index is 1.68. The number of anilines is 1. The Bertz CT molecular complexity index is 834. The van der Waals surface area contributed by atoms with Gasteiger partial charge in [-0.2, -0.15) is 5.10 Å². The van der Waals surface area contributed by atoms with Gasteiger partial charge in [-0.25, -0.2) is 14.2 Å². The van der Waals surface area contributed by atoms with Gasteiger partial charge in [0.2, 0.25) is 5.91 Å². The molecule has 7 heteroatoms. The van der Waals surface area contributed by atoms with Gasteiger partial charge in [0.1, 0.15) is 5.82 Å². The van der Waals surface area contributed by atoms with E-state index in [1.807, 2.05) is 0 Å². The van der Waals surface area contributed by atoms with E-state index < -0.39 is 6.09 Å². The van der Waals surface area contributed by atoms with Gasteiger partial charge < -0.3 is 5.11 Å². The van der Waals surface area contributed by atoms with Crippen LogP contribution in [0.3, 0.4) is 0 Å². The van der Waals surface area contributed by atoms with Crippen LogP contribution in [-0.2, 0) is 11.2 Å². The van der Waals surface area contributed by atoms with E-state index in [2.05, 4.69) is 10.4 Å². The monoisotopic (exact) mass is 341 g/mol. The quantitative estimate of drug-likeness (QED) is 0.896. The van der Waals surface area contributed by atoms with Gasteiger partial charge in [-0.05, 0) is 35.4 Å². The summed E-state index contributed by atoms with van der Waals surface area (Å²) in [7, 11) is 0. The van der Waals surface area contributed by atoms with Crippen LogP contribution in [0.2, 0.25) is 0 Å². The molecule has 0 aliphatic carbocycles. The van der Waals surface area contributed by atoms with Crippen LogP contribution < -0.4 is 5.32 Å². The van der Waals surface area contributed by atoms with E-state index in [1.54, 1.807) is 36.4 Å². The number of nitrogens with zero attached hydrogens (tertiary/aromatic N) is 2. The molecule has 128 valence electrons. The summed E-state index contributed by atoms with van der Waals surface area (Å²) in [6.07, 6.45) is -0.426. The Kier molecular flexibility index (Phi) is 4.74. The highest BCUT2D eigenvalue weighted by atomic mass is 19.1. The molecule has 2 amide bonds. The van der Waals surface area contributed by atoms with Gasteiger partial charge in [-0.1, -0.05) is 24.3 Å². The second-order valence-corrected chi connectivity index (χ2v) is 5.63. The van der Waals surface area contributed by atoms with E-state index in [9.17, 15) is 14.0 Å². The van der Waals surface area contributed by atoms with Crippen molar-refractivity contribution in [3.05, 3.63) is 65.5 Å². The molecule has 0 fully saturated rings. The van der Waals surface area contributed by atoms with E-state index in [1.165, 1.54) is 17.1 Å². The summed E-state index contributed by atoms with van der Waals surface area (Å²) in [5, 5.41) is 16.7. The fourth-order valence-corrected chi connectivity index (χ4v) is 2.63. The molecular weight excluding hydrogens is 325 g/mol. The standard InChI is InChI=1S/C18H16FN3O3/c19-14-6-4-13(5-7-14)16-8-9-22(21-16)17(23)11-12-2-1-3-15(10-12)20-18(24)25/h1-7,10,20H,8-9,11H2,(H,24,25). The lowest BCUT2D eigenvalue weighted by molar-refractivity contribution is -0.130. The predicted molar refractivity (Wildman–Crippen MR) is 91.1 cm³/mol. The molecule has 1 aliphatic rings. The topological polar surface area (TPSA) is 82.0 Å². The van der Waals surface area contributed by atoms with Gasteiger partial charge in [-0.3, -0.25) is 10.1 Å². The number of hydrogen-bond donors (Lipinski definition) is 2. The van der Waals surface area contributed by atoms with Crippen molar-refractivity contribution in [1.29, 1.82) is 0 Å². The van der Waals surface area contributed by atoms with Crippen molar-refractivity contribution in [2.24, 2.45) is 5.10 Å². The molecule has 0 saturated heterocycles. The first-order chi connectivity index (χ1) is 12.0. The van der Waals surface area contributed by atoms with Gasteiger partial charge >= 0.3 is 6.09 Å². The van der Waals surface area contributed by atoms with Crippen molar-refractivity contribution in [3.63, 3.8) is 0 Å². The minimum Gasteiger partial charge on any atom is -0.465 e. The predicted octanol–water partition coefficient (Wildman–Crippen LogP) is 3.09. The number of amides is 2. The zero-order chi connectivity index (χ0) is 17.8. The fourth-order valence-electron chi connectivity index (χ4n) is 2.63. The highest BCUT2D eigenvalue weighted by Gasteiger charge is 2.21. The summed E-state index contributed by atoms with van der Waals surface area (Å²) < 4.78 is 13.0. The lowest BCUT2D eigenvalue weighted by atomic mass is 10.1. The minimum atomic E-state index is -1.16. The van der Waals surface area contributed by atoms with Crippen LogP contribution in [0.15, 0.2) is 53.6 Å². The van der Waals surface area contributed by atoms with Crippen LogP contribution in [0.5, 0.6) is 0 Å².